The van der Waals surface area contributed by atoms with E-state index in [1.807, 2.05) is 0 Å². The van der Waals surface area contributed by atoms with Crippen molar-refractivity contribution < 1.29 is 13.2 Å². The summed E-state index contributed by atoms with van der Waals surface area (Å²) >= 11 is 0. The zero-order valence-corrected chi connectivity index (χ0v) is 9.76. The summed E-state index contributed by atoms with van der Waals surface area (Å²) in [5.41, 5.74) is 5.27. The van der Waals surface area contributed by atoms with E-state index in [0.717, 1.165) is 19.3 Å². The van der Waals surface area contributed by atoms with Gasteiger partial charge in [0, 0.05) is 0 Å². The lowest BCUT2D eigenvalue weighted by molar-refractivity contribution is -0.184. The van der Waals surface area contributed by atoms with Crippen molar-refractivity contribution in [3.05, 3.63) is 0 Å². The molecule has 0 amide bonds. The van der Waals surface area contributed by atoms with Gasteiger partial charge in [0.2, 0.25) is 0 Å². The molecule has 96 valence electrons. The van der Waals surface area contributed by atoms with Crippen molar-refractivity contribution in [2.45, 2.75) is 44.8 Å². The highest BCUT2D eigenvalue weighted by atomic mass is 19.4. The molecule has 0 aromatic rings. The Morgan fingerprint density at radius 2 is 2.00 bits per heavy atom. The van der Waals surface area contributed by atoms with Crippen molar-refractivity contribution in [3.63, 3.8) is 0 Å². The summed E-state index contributed by atoms with van der Waals surface area (Å²) in [6, 6.07) is -1.34. The molecule has 5 heteroatoms. The summed E-state index contributed by atoms with van der Waals surface area (Å²) in [7, 11) is 0. The molecule has 1 heterocycles. The molecule has 16 heavy (non-hydrogen) atoms. The lowest BCUT2D eigenvalue weighted by Gasteiger charge is -2.32. The molecule has 0 saturated carbocycles. The SMILES string of the molecule is CC1CCCN(C(CCN)C(F)(F)F)CC1. The second-order valence-corrected chi connectivity index (χ2v) is 4.71. The van der Waals surface area contributed by atoms with Gasteiger partial charge in [0.15, 0.2) is 0 Å². The van der Waals surface area contributed by atoms with E-state index in [1.54, 1.807) is 4.90 Å². The normalized spacial score (nSPS) is 26.4. The highest BCUT2D eigenvalue weighted by Crippen LogP contribution is 2.29. The molecule has 1 rings (SSSR count). The van der Waals surface area contributed by atoms with Gasteiger partial charge in [-0.2, -0.15) is 13.2 Å². The number of likely N-dealkylation sites (tertiary alicyclic amines) is 1. The highest BCUT2D eigenvalue weighted by Gasteiger charge is 2.42. The van der Waals surface area contributed by atoms with Crippen LogP contribution in [0.1, 0.15) is 32.6 Å². The maximum absolute atomic E-state index is 12.8. The minimum absolute atomic E-state index is 0.0118. The molecule has 0 spiro atoms. The van der Waals surface area contributed by atoms with Crippen LogP contribution in [0.3, 0.4) is 0 Å². The maximum Gasteiger partial charge on any atom is 0.404 e. The summed E-state index contributed by atoms with van der Waals surface area (Å²) in [4.78, 5) is 1.57. The Bertz CT molecular complexity index is 206. The fourth-order valence-corrected chi connectivity index (χ4v) is 2.31. The van der Waals surface area contributed by atoms with E-state index in [2.05, 4.69) is 6.92 Å². The van der Waals surface area contributed by atoms with E-state index in [9.17, 15) is 13.2 Å². The topological polar surface area (TPSA) is 29.3 Å². The maximum atomic E-state index is 12.8. The van der Waals surface area contributed by atoms with Crippen LogP contribution in [0.5, 0.6) is 0 Å². The molecule has 0 aliphatic carbocycles. The molecule has 0 aromatic heterocycles. The molecule has 1 saturated heterocycles. The second kappa shape index (κ2) is 5.87. The van der Waals surface area contributed by atoms with Crippen LogP contribution in [0, 0.1) is 5.92 Å². The van der Waals surface area contributed by atoms with Gasteiger partial charge < -0.3 is 5.73 Å². The molecule has 2 unspecified atom stereocenters. The van der Waals surface area contributed by atoms with Gasteiger partial charge in [-0.25, -0.2) is 0 Å². The van der Waals surface area contributed by atoms with E-state index in [-0.39, 0.29) is 13.0 Å². The Kier molecular flexibility index (Phi) is 5.05. The first-order valence-corrected chi connectivity index (χ1v) is 5.96. The Hall–Kier alpha value is -0.290. The van der Waals surface area contributed by atoms with Crippen LogP contribution in [-0.2, 0) is 0 Å². The van der Waals surface area contributed by atoms with Gasteiger partial charge >= 0.3 is 6.18 Å². The highest BCUT2D eigenvalue weighted by molar-refractivity contribution is 4.81. The molecule has 2 N–H and O–H groups in total. The van der Waals surface area contributed by atoms with Crippen LogP contribution in [-0.4, -0.2) is 36.8 Å². The zero-order chi connectivity index (χ0) is 12.2. The zero-order valence-electron chi connectivity index (χ0n) is 9.76. The van der Waals surface area contributed by atoms with Gasteiger partial charge in [-0.3, -0.25) is 4.90 Å². The Morgan fingerprint density at radius 3 is 2.56 bits per heavy atom. The summed E-state index contributed by atoms with van der Waals surface area (Å²) < 4.78 is 38.5. The first-order chi connectivity index (χ1) is 7.45. The van der Waals surface area contributed by atoms with Gasteiger partial charge in [-0.1, -0.05) is 6.92 Å². The lowest BCUT2D eigenvalue weighted by Crippen LogP contribution is -2.47. The van der Waals surface area contributed by atoms with Crippen LogP contribution in [0.2, 0.25) is 0 Å². The smallest absolute Gasteiger partial charge is 0.330 e. The van der Waals surface area contributed by atoms with Crippen LogP contribution in [0.25, 0.3) is 0 Å². The van der Waals surface area contributed by atoms with Crippen LogP contribution in [0.4, 0.5) is 13.2 Å². The number of hydrogen-bond acceptors (Lipinski definition) is 2. The minimum Gasteiger partial charge on any atom is -0.330 e. The molecule has 2 atom stereocenters. The fourth-order valence-electron chi connectivity index (χ4n) is 2.31. The first-order valence-electron chi connectivity index (χ1n) is 5.96. The number of nitrogens with zero attached hydrogens (tertiary/aromatic N) is 1. The van der Waals surface area contributed by atoms with Crippen LogP contribution in [0.15, 0.2) is 0 Å². The molecule has 0 aromatic carbocycles. The Morgan fingerprint density at radius 1 is 1.31 bits per heavy atom. The van der Waals surface area contributed by atoms with Gasteiger partial charge in [-0.15, -0.1) is 0 Å². The van der Waals surface area contributed by atoms with E-state index in [4.69, 9.17) is 5.73 Å². The fraction of sp³-hybridized carbons (Fsp3) is 1.00. The van der Waals surface area contributed by atoms with Crippen molar-refractivity contribution >= 4 is 0 Å². The average molecular weight is 238 g/mol. The van der Waals surface area contributed by atoms with Crippen LogP contribution >= 0.6 is 0 Å². The molecule has 0 bridgehead atoms. The van der Waals surface area contributed by atoms with Gasteiger partial charge in [0.1, 0.15) is 6.04 Å². The third-order valence-electron chi connectivity index (χ3n) is 3.31. The van der Waals surface area contributed by atoms with Gasteiger partial charge in [0.05, 0.1) is 0 Å². The van der Waals surface area contributed by atoms with E-state index in [0.29, 0.717) is 19.0 Å². The Labute approximate surface area is 95.0 Å². The van der Waals surface area contributed by atoms with Crippen molar-refractivity contribution in [1.82, 2.24) is 4.90 Å². The van der Waals surface area contributed by atoms with Crippen molar-refractivity contribution in [3.8, 4) is 0 Å². The molecule has 1 aliphatic heterocycles. The molecular weight excluding hydrogens is 217 g/mol. The minimum atomic E-state index is -4.15. The summed E-state index contributed by atoms with van der Waals surface area (Å²) in [6.07, 6.45) is -1.38. The average Bonchev–Trinajstić information content (AvgIpc) is 2.38. The number of alkyl halides is 3. The van der Waals surface area contributed by atoms with Crippen molar-refractivity contribution in [2.24, 2.45) is 11.7 Å². The largest absolute Gasteiger partial charge is 0.404 e. The molecule has 1 aliphatic rings. The monoisotopic (exact) mass is 238 g/mol. The van der Waals surface area contributed by atoms with Gasteiger partial charge in [-0.05, 0) is 51.2 Å². The van der Waals surface area contributed by atoms with Crippen LogP contribution < -0.4 is 5.73 Å². The van der Waals surface area contributed by atoms with E-state index >= 15 is 0 Å². The summed E-state index contributed by atoms with van der Waals surface area (Å²) in [6.45, 7) is 3.30. The summed E-state index contributed by atoms with van der Waals surface area (Å²) in [5.74, 6) is 0.539. The first kappa shape index (κ1) is 13.8. The van der Waals surface area contributed by atoms with Gasteiger partial charge in [0.25, 0.3) is 0 Å². The standard InChI is InChI=1S/C11H21F3N2/c1-9-3-2-7-16(8-5-9)10(4-6-15)11(12,13)14/h9-10H,2-8,15H2,1H3. The number of nitrogens with two attached hydrogens (primary N) is 1. The molecule has 1 fully saturated rings. The second-order valence-electron chi connectivity index (χ2n) is 4.71. The summed E-state index contributed by atoms with van der Waals surface area (Å²) in [5, 5.41) is 0. The quantitative estimate of drug-likeness (QED) is 0.818. The third kappa shape index (κ3) is 3.94. The molecule has 0 radical (unpaired) electrons. The number of halogens is 3. The molecular formula is C11H21F3N2. The van der Waals surface area contributed by atoms with Crippen molar-refractivity contribution in [1.29, 1.82) is 0 Å². The predicted molar refractivity (Wildman–Crippen MR) is 58.1 cm³/mol. The van der Waals surface area contributed by atoms with E-state index in [1.165, 1.54) is 0 Å². The Balaban J connectivity index is 2.62. The lowest BCUT2D eigenvalue weighted by atomic mass is 10.0. The number of hydrogen-bond donors (Lipinski definition) is 1. The van der Waals surface area contributed by atoms with E-state index < -0.39 is 12.2 Å². The van der Waals surface area contributed by atoms with Crippen molar-refractivity contribution in [2.75, 3.05) is 19.6 Å². The third-order valence-corrected chi connectivity index (χ3v) is 3.31. The number of rotatable bonds is 3. The molecule has 2 nitrogen and oxygen atoms in total. The predicted octanol–water partition coefficient (Wildman–Crippen LogP) is 2.39.